The first-order chi connectivity index (χ1) is 14.4. The Morgan fingerprint density at radius 2 is 1.77 bits per heavy atom. The van der Waals surface area contributed by atoms with Crippen molar-refractivity contribution in [2.75, 3.05) is 19.3 Å². The van der Waals surface area contributed by atoms with E-state index in [-0.39, 0.29) is 25.3 Å². The Labute approximate surface area is 181 Å². The Bertz CT molecular complexity index is 782. The van der Waals surface area contributed by atoms with E-state index in [0.29, 0.717) is 5.56 Å². The van der Waals surface area contributed by atoms with Gasteiger partial charge in [-0.15, -0.1) is 11.8 Å². The van der Waals surface area contributed by atoms with Crippen LogP contribution in [0.3, 0.4) is 0 Å². The Morgan fingerprint density at radius 3 is 2.37 bits per heavy atom. The van der Waals surface area contributed by atoms with E-state index in [2.05, 4.69) is 17.6 Å². The van der Waals surface area contributed by atoms with Crippen molar-refractivity contribution in [2.45, 2.75) is 49.6 Å². The lowest BCUT2D eigenvalue weighted by Gasteiger charge is -2.25. The molecule has 1 amide bonds. The fourth-order valence-corrected chi connectivity index (χ4v) is 3.55. The molecule has 2 rings (SSSR count). The zero-order chi connectivity index (χ0) is 21.9. The number of hydrogen-bond donors (Lipinski definition) is 3. The van der Waals surface area contributed by atoms with Gasteiger partial charge in [0.15, 0.2) is 0 Å². The molecule has 0 aliphatic carbocycles. The van der Waals surface area contributed by atoms with Gasteiger partial charge in [-0.2, -0.15) is 0 Å². The van der Waals surface area contributed by atoms with Crippen LogP contribution in [0.25, 0.3) is 0 Å². The number of hydrogen-bond acceptors (Lipinski definition) is 4. The number of aliphatic hydroxyl groups is 1. The van der Waals surface area contributed by atoms with Gasteiger partial charge in [0.25, 0.3) is 0 Å². The first-order valence-corrected chi connectivity index (χ1v) is 11.4. The van der Waals surface area contributed by atoms with Crippen molar-refractivity contribution in [3.8, 4) is 0 Å². The van der Waals surface area contributed by atoms with Crippen LogP contribution >= 0.6 is 11.8 Å². The van der Waals surface area contributed by atoms with Crippen molar-refractivity contribution in [2.24, 2.45) is 0 Å². The molecule has 0 saturated heterocycles. The molecule has 4 nitrogen and oxygen atoms in total. The lowest BCUT2D eigenvalue weighted by molar-refractivity contribution is -0.122. The van der Waals surface area contributed by atoms with Crippen molar-refractivity contribution < 1.29 is 18.7 Å². The number of unbranched alkanes of at least 4 members (excludes halogenated alkanes) is 1. The minimum atomic E-state index is -0.893. The third-order valence-corrected chi connectivity index (χ3v) is 5.52. The summed E-state index contributed by atoms with van der Waals surface area (Å²) in [5, 5.41) is 16.6. The van der Waals surface area contributed by atoms with Crippen LogP contribution in [0.2, 0.25) is 0 Å². The number of nitrogens with one attached hydrogen (secondary N) is 2. The van der Waals surface area contributed by atoms with E-state index in [1.54, 1.807) is 11.8 Å². The maximum absolute atomic E-state index is 13.6. The zero-order valence-corrected chi connectivity index (χ0v) is 18.3. The molecule has 2 atom stereocenters. The summed E-state index contributed by atoms with van der Waals surface area (Å²) < 4.78 is 27.1. The summed E-state index contributed by atoms with van der Waals surface area (Å²) in [6.07, 6.45) is 3.39. The molecule has 0 aliphatic rings. The van der Waals surface area contributed by atoms with Gasteiger partial charge in [0.05, 0.1) is 18.6 Å². The summed E-state index contributed by atoms with van der Waals surface area (Å²) in [7, 11) is 0. The first-order valence-electron chi connectivity index (χ1n) is 10.2. The highest BCUT2D eigenvalue weighted by Crippen LogP contribution is 2.16. The average molecular weight is 437 g/mol. The van der Waals surface area contributed by atoms with Crippen molar-refractivity contribution in [1.29, 1.82) is 0 Å². The highest BCUT2D eigenvalue weighted by atomic mass is 32.2. The molecule has 3 N–H and O–H groups in total. The Kier molecular flexibility index (Phi) is 10.3. The zero-order valence-electron chi connectivity index (χ0n) is 17.5. The second-order valence-electron chi connectivity index (χ2n) is 7.31. The summed E-state index contributed by atoms with van der Waals surface area (Å²) in [5.74, 6) is -1.61. The van der Waals surface area contributed by atoms with Gasteiger partial charge in [0, 0.05) is 17.5 Å². The average Bonchev–Trinajstić information content (AvgIpc) is 2.70. The molecule has 0 saturated carbocycles. The first kappa shape index (κ1) is 24.3. The van der Waals surface area contributed by atoms with E-state index in [1.807, 2.05) is 30.5 Å². The topological polar surface area (TPSA) is 61.4 Å². The van der Waals surface area contributed by atoms with E-state index in [0.717, 1.165) is 35.9 Å². The van der Waals surface area contributed by atoms with Crippen LogP contribution < -0.4 is 10.6 Å². The van der Waals surface area contributed by atoms with Crippen LogP contribution in [0, 0.1) is 11.6 Å². The van der Waals surface area contributed by atoms with Crippen LogP contribution in [-0.2, 0) is 17.6 Å². The van der Waals surface area contributed by atoms with Crippen LogP contribution in [0.15, 0.2) is 47.4 Å². The van der Waals surface area contributed by atoms with Crippen LogP contribution in [-0.4, -0.2) is 42.5 Å². The molecule has 0 aliphatic heterocycles. The normalized spacial score (nSPS) is 13.1. The lowest BCUT2D eigenvalue weighted by Crippen LogP contribution is -2.49. The molecular formula is C23H30F2N2O2S. The van der Waals surface area contributed by atoms with Crippen molar-refractivity contribution in [3.63, 3.8) is 0 Å². The van der Waals surface area contributed by atoms with Gasteiger partial charge < -0.3 is 15.7 Å². The van der Waals surface area contributed by atoms with Gasteiger partial charge >= 0.3 is 0 Å². The standard InChI is InChI=1S/C23H30F2N2O2S/c1-3-4-9-26-15-22(28)21(12-17-10-18(24)14-19(25)11-17)27-23(29)13-16-5-7-20(30-2)8-6-16/h5-8,10-11,14,21-22,26,28H,3-4,9,12-13,15H2,1-2H3,(H,27,29)/t21-,22-/m1/s1. The van der Waals surface area contributed by atoms with E-state index in [4.69, 9.17) is 0 Å². The quantitative estimate of drug-likeness (QED) is 0.351. The summed E-state index contributed by atoms with van der Waals surface area (Å²) in [5.41, 5.74) is 1.24. The van der Waals surface area contributed by atoms with Gasteiger partial charge in [-0.05, 0) is 61.0 Å². The van der Waals surface area contributed by atoms with Crippen LogP contribution in [0.5, 0.6) is 0 Å². The molecule has 0 heterocycles. The monoisotopic (exact) mass is 436 g/mol. The smallest absolute Gasteiger partial charge is 0.224 e. The summed E-state index contributed by atoms with van der Waals surface area (Å²) in [6.45, 7) is 3.11. The van der Waals surface area contributed by atoms with Gasteiger partial charge in [0.2, 0.25) is 5.91 Å². The fraction of sp³-hybridized carbons (Fsp3) is 0.435. The highest BCUT2D eigenvalue weighted by Gasteiger charge is 2.22. The molecule has 164 valence electrons. The lowest BCUT2D eigenvalue weighted by atomic mass is 10.00. The minimum absolute atomic E-state index is 0.127. The largest absolute Gasteiger partial charge is 0.390 e. The Balaban J connectivity index is 2.05. The van der Waals surface area contributed by atoms with E-state index >= 15 is 0 Å². The maximum Gasteiger partial charge on any atom is 0.224 e. The number of thioether (sulfide) groups is 1. The Morgan fingerprint density at radius 1 is 1.10 bits per heavy atom. The molecule has 0 radical (unpaired) electrons. The molecule has 7 heteroatoms. The molecule has 0 unspecified atom stereocenters. The highest BCUT2D eigenvalue weighted by molar-refractivity contribution is 7.98. The molecule has 2 aromatic carbocycles. The van der Waals surface area contributed by atoms with E-state index in [9.17, 15) is 18.7 Å². The number of aliphatic hydroxyl groups excluding tert-OH is 1. The van der Waals surface area contributed by atoms with Crippen molar-refractivity contribution in [1.82, 2.24) is 10.6 Å². The van der Waals surface area contributed by atoms with Gasteiger partial charge in [0.1, 0.15) is 11.6 Å². The molecule has 2 aromatic rings. The minimum Gasteiger partial charge on any atom is -0.390 e. The second-order valence-corrected chi connectivity index (χ2v) is 8.19. The van der Waals surface area contributed by atoms with Crippen molar-refractivity contribution in [3.05, 3.63) is 65.2 Å². The van der Waals surface area contributed by atoms with Gasteiger partial charge in [-0.25, -0.2) is 8.78 Å². The second kappa shape index (κ2) is 12.7. The maximum atomic E-state index is 13.6. The number of halogens is 2. The van der Waals surface area contributed by atoms with Gasteiger partial charge in [-0.3, -0.25) is 4.79 Å². The third kappa shape index (κ3) is 8.42. The molecule has 0 fully saturated rings. The number of amides is 1. The third-order valence-electron chi connectivity index (χ3n) is 4.77. The summed E-state index contributed by atoms with van der Waals surface area (Å²) in [6, 6.07) is 10.3. The number of benzene rings is 2. The molecule has 0 bridgehead atoms. The van der Waals surface area contributed by atoms with Gasteiger partial charge in [-0.1, -0.05) is 25.5 Å². The van der Waals surface area contributed by atoms with Crippen molar-refractivity contribution >= 4 is 17.7 Å². The number of carbonyl (C=O) groups excluding carboxylic acids is 1. The molecule has 30 heavy (non-hydrogen) atoms. The predicted octanol–water partition coefficient (Wildman–Crippen LogP) is 3.71. The number of carbonyl (C=O) groups is 1. The number of rotatable bonds is 12. The van der Waals surface area contributed by atoms with E-state index in [1.165, 1.54) is 12.1 Å². The molecule has 0 aromatic heterocycles. The Hall–Kier alpha value is -1.96. The van der Waals surface area contributed by atoms with Crippen LogP contribution in [0.1, 0.15) is 30.9 Å². The van der Waals surface area contributed by atoms with Crippen LogP contribution in [0.4, 0.5) is 8.78 Å². The predicted molar refractivity (Wildman–Crippen MR) is 118 cm³/mol. The summed E-state index contributed by atoms with van der Waals surface area (Å²) >= 11 is 1.62. The SMILES string of the molecule is CCCCNC[C@@H](O)[C@@H](Cc1cc(F)cc(F)c1)NC(=O)Cc1ccc(SC)cc1. The fourth-order valence-electron chi connectivity index (χ4n) is 3.15. The van der Waals surface area contributed by atoms with E-state index < -0.39 is 23.8 Å². The molecule has 0 spiro atoms. The summed E-state index contributed by atoms with van der Waals surface area (Å²) in [4.78, 5) is 13.7. The molecular weight excluding hydrogens is 406 g/mol.